The topological polar surface area (TPSA) is 84.8 Å². The fourth-order valence-electron chi connectivity index (χ4n) is 3.52. The summed E-state index contributed by atoms with van der Waals surface area (Å²) in [4.78, 5) is 14.7. The summed E-state index contributed by atoms with van der Waals surface area (Å²) in [6, 6.07) is 18.4. The summed E-state index contributed by atoms with van der Waals surface area (Å²) in [5.74, 6) is 0.748. The molecule has 4 rings (SSSR count). The fraction of sp³-hybridized carbons (Fsp3) is 0.227. The van der Waals surface area contributed by atoms with E-state index in [1.807, 2.05) is 30.3 Å². The first-order valence-corrected chi connectivity index (χ1v) is 9.87. The molecule has 0 saturated carbocycles. The Bertz CT molecular complexity index is 1040. The Hall–Kier alpha value is -3.30. The van der Waals surface area contributed by atoms with Gasteiger partial charge >= 0.3 is 0 Å². The maximum atomic E-state index is 12.5. The highest BCUT2D eigenvalue weighted by atomic mass is 35.5. The molecule has 1 amide bonds. The number of hydrogen-bond donors (Lipinski definition) is 2. The molecule has 7 heteroatoms. The number of rotatable bonds is 4. The van der Waals surface area contributed by atoms with Crippen molar-refractivity contribution in [3.05, 3.63) is 70.7 Å². The molecule has 0 aliphatic carbocycles. The standard InChI is InChI=1S/C22H20ClN5O/c23-18-9-7-16(8-10-18)20-12-21(27-26-20)28-11-1-2-19(14-28)25-22(29)17-5-3-15(13-24)4-6-17/h3-10,12,19H,1-2,11,14H2,(H,25,29)(H,26,27)/t19-/m0/s1. The van der Waals surface area contributed by atoms with Gasteiger partial charge in [0.2, 0.25) is 0 Å². The van der Waals surface area contributed by atoms with Crippen LogP contribution in [0.2, 0.25) is 5.02 Å². The van der Waals surface area contributed by atoms with Gasteiger partial charge in [-0.15, -0.1) is 0 Å². The molecule has 0 spiro atoms. The summed E-state index contributed by atoms with van der Waals surface area (Å²) >= 11 is 5.96. The van der Waals surface area contributed by atoms with Gasteiger partial charge in [0, 0.05) is 35.8 Å². The third-order valence-electron chi connectivity index (χ3n) is 5.08. The molecule has 2 heterocycles. The highest BCUT2D eigenvalue weighted by molar-refractivity contribution is 6.30. The minimum absolute atomic E-state index is 0.0441. The number of nitriles is 1. The number of H-pyrrole nitrogens is 1. The van der Waals surface area contributed by atoms with Gasteiger partial charge in [-0.3, -0.25) is 9.89 Å². The Morgan fingerprint density at radius 2 is 1.97 bits per heavy atom. The number of amides is 1. The van der Waals surface area contributed by atoms with Gasteiger partial charge in [0.1, 0.15) is 0 Å². The second kappa shape index (κ2) is 8.38. The molecule has 146 valence electrons. The molecule has 0 bridgehead atoms. The Kier molecular flexibility index (Phi) is 5.50. The molecule has 1 aromatic heterocycles. The van der Waals surface area contributed by atoms with Crippen molar-refractivity contribution in [1.29, 1.82) is 5.26 Å². The Morgan fingerprint density at radius 3 is 2.69 bits per heavy atom. The van der Waals surface area contributed by atoms with Crippen LogP contribution in [0.15, 0.2) is 54.6 Å². The molecule has 6 nitrogen and oxygen atoms in total. The molecule has 1 fully saturated rings. The van der Waals surface area contributed by atoms with Gasteiger partial charge in [-0.05, 0) is 54.8 Å². The van der Waals surface area contributed by atoms with Crippen LogP contribution in [0.25, 0.3) is 11.3 Å². The van der Waals surface area contributed by atoms with Crippen molar-refractivity contribution in [1.82, 2.24) is 15.5 Å². The molecular formula is C22H20ClN5O. The summed E-state index contributed by atoms with van der Waals surface area (Å²) in [5, 5.41) is 20.2. The average Bonchev–Trinajstić information content (AvgIpc) is 3.25. The van der Waals surface area contributed by atoms with E-state index in [0.29, 0.717) is 22.7 Å². The van der Waals surface area contributed by atoms with E-state index in [0.717, 1.165) is 36.5 Å². The maximum Gasteiger partial charge on any atom is 0.251 e. The molecule has 1 saturated heterocycles. The van der Waals surface area contributed by atoms with Crippen LogP contribution in [-0.2, 0) is 0 Å². The Morgan fingerprint density at radius 1 is 1.21 bits per heavy atom. The number of aromatic nitrogens is 2. The van der Waals surface area contributed by atoms with Crippen LogP contribution in [0.5, 0.6) is 0 Å². The van der Waals surface area contributed by atoms with E-state index in [-0.39, 0.29) is 11.9 Å². The lowest BCUT2D eigenvalue weighted by Crippen LogP contribution is -2.48. The van der Waals surface area contributed by atoms with E-state index in [2.05, 4.69) is 26.5 Å². The monoisotopic (exact) mass is 405 g/mol. The minimum atomic E-state index is -0.120. The second-order valence-corrected chi connectivity index (χ2v) is 7.53. The van der Waals surface area contributed by atoms with Crippen molar-refractivity contribution >= 4 is 23.3 Å². The summed E-state index contributed by atoms with van der Waals surface area (Å²) in [5.41, 5.74) is 3.06. The second-order valence-electron chi connectivity index (χ2n) is 7.09. The molecular weight excluding hydrogens is 386 g/mol. The normalized spacial score (nSPS) is 16.3. The highest BCUT2D eigenvalue weighted by Crippen LogP contribution is 2.25. The van der Waals surface area contributed by atoms with Crippen LogP contribution < -0.4 is 10.2 Å². The van der Waals surface area contributed by atoms with Gasteiger partial charge in [-0.1, -0.05) is 23.7 Å². The first-order valence-electron chi connectivity index (χ1n) is 9.50. The molecule has 0 unspecified atom stereocenters. The molecule has 1 aliphatic heterocycles. The van der Waals surface area contributed by atoms with Gasteiger partial charge < -0.3 is 10.2 Å². The molecule has 3 aromatic rings. The molecule has 1 atom stereocenters. The number of piperidine rings is 1. The van der Waals surface area contributed by atoms with Gasteiger partial charge in [0.25, 0.3) is 5.91 Å². The van der Waals surface area contributed by atoms with E-state index >= 15 is 0 Å². The third kappa shape index (κ3) is 4.41. The zero-order valence-corrected chi connectivity index (χ0v) is 16.5. The first-order chi connectivity index (χ1) is 14.1. The van der Waals surface area contributed by atoms with Crippen LogP contribution in [0, 0.1) is 11.3 Å². The number of nitrogens with one attached hydrogen (secondary N) is 2. The average molecular weight is 406 g/mol. The smallest absolute Gasteiger partial charge is 0.251 e. The molecule has 2 N–H and O–H groups in total. The minimum Gasteiger partial charge on any atom is -0.353 e. The number of halogens is 1. The van der Waals surface area contributed by atoms with Crippen molar-refractivity contribution in [3.8, 4) is 17.3 Å². The van der Waals surface area contributed by atoms with Crippen molar-refractivity contribution in [3.63, 3.8) is 0 Å². The van der Waals surface area contributed by atoms with E-state index in [4.69, 9.17) is 16.9 Å². The largest absolute Gasteiger partial charge is 0.353 e. The summed E-state index contributed by atoms with van der Waals surface area (Å²) in [6.07, 6.45) is 1.90. The summed E-state index contributed by atoms with van der Waals surface area (Å²) < 4.78 is 0. The predicted molar refractivity (Wildman–Crippen MR) is 113 cm³/mol. The van der Waals surface area contributed by atoms with E-state index in [9.17, 15) is 4.79 Å². The van der Waals surface area contributed by atoms with Gasteiger partial charge in [0.15, 0.2) is 5.82 Å². The van der Waals surface area contributed by atoms with E-state index < -0.39 is 0 Å². The van der Waals surface area contributed by atoms with E-state index in [1.165, 1.54) is 0 Å². The van der Waals surface area contributed by atoms with Gasteiger partial charge in [-0.2, -0.15) is 10.4 Å². The molecule has 1 aliphatic rings. The zero-order valence-electron chi connectivity index (χ0n) is 15.7. The van der Waals surface area contributed by atoms with Crippen molar-refractivity contribution < 1.29 is 4.79 Å². The van der Waals surface area contributed by atoms with Crippen molar-refractivity contribution in [2.45, 2.75) is 18.9 Å². The van der Waals surface area contributed by atoms with Crippen LogP contribution in [-0.4, -0.2) is 35.2 Å². The molecule has 0 radical (unpaired) electrons. The van der Waals surface area contributed by atoms with Crippen LogP contribution in [0.3, 0.4) is 0 Å². The molecule has 29 heavy (non-hydrogen) atoms. The van der Waals surface area contributed by atoms with E-state index in [1.54, 1.807) is 24.3 Å². The lowest BCUT2D eigenvalue weighted by atomic mass is 10.0. The summed E-state index contributed by atoms with van der Waals surface area (Å²) in [6.45, 7) is 1.60. The first kappa shape index (κ1) is 19.0. The Labute approximate surface area is 174 Å². The van der Waals surface area contributed by atoms with Gasteiger partial charge in [-0.25, -0.2) is 0 Å². The lowest BCUT2D eigenvalue weighted by molar-refractivity contribution is 0.0933. The van der Waals surface area contributed by atoms with Crippen molar-refractivity contribution in [2.75, 3.05) is 18.0 Å². The third-order valence-corrected chi connectivity index (χ3v) is 5.33. The molecule has 2 aromatic carbocycles. The maximum absolute atomic E-state index is 12.5. The van der Waals surface area contributed by atoms with Crippen molar-refractivity contribution in [2.24, 2.45) is 0 Å². The van der Waals surface area contributed by atoms with Crippen LogP contribution >= 0.6 is 11.6 Å². The number of carbonyl (C=O) groups is 1. The number of nitrogens with zero attached hydrogens (tertiary/aromatic N) is 3. The summed E-state index contributed by atoms with van der Waals surface area (Å²) in [7, 11) is 0. The SMILES string of the molecule is N#Cc1ccc(C(=O)N[C@H]2CCCN(c3cc(-c4ccc(Cl)cc4)[nH]n3)C2)cc1. The zero-order chi connectivity index (χ0) is 20.2. The number of carbonyl (C=O) groups excluding carboxylic acids is 1. The van der Waals surface area contributed by atoms with Gasteiger partial charge in [0.05, 0.1) is 17.3 Å². The van der Waals surface area contributed by atoms with Crippen LogP contribution in [0.1, 0.15) is 28.8 Å². The number of anilines is 1. The predicted octanol–water partition coefficient (Wildman–Crippen LogP) is 4.00. The van der Waals surface area contributed by atoms with Crippen LogP contribution in [0.4, 0.5) is 5.82 Å². The number of benzene rings is 2. The number of hydrogen-bond acceptors (Lipinski definition) is 4. The fourth-order valence-corrected chi connectivity index (χ4v) is 3.64. The Balaban J connectivity index is 1.41. The number of aromatic amines is 1. The highest BCUT2D eigenvalue weighted by Gasteiger charge is 2.23. The lowest BCUT2D eigenvalue weighted by Gasteiger charge is -2.33. The quantitative estimate of drug-likeness (QED) is 0.687.